The first-order valence-corrected chi connectivity index (χ1v) is 7.46. The first-order chi connectivity index (χ1) is 7.93. The Bertz CT molecular complexity index is 463. The molecule has 4 heteroatoms. The molecule has 1 rings (SSSR count). The second-order valence-corrected chi connectivity index (χ2v) is 6.24. The number of rotatable bonds is 6. The molecule has 0 heterocycles. The van der Waals surface area contributed by atoms with Gasteiger partial charge in [-0.25, -0.2) is 8.42 Å². The molecule has 0 amide bonds. The quantitative estimate of drug-likeness (QED) is 0.790. The van der Waals surface area contributed by atoms with Gasteiger partial charge in [-0.3, -0.25) is 0 Å². The molecule has 1 unspecified atom stereocenters. The zero-order valence-electron chi connectivity index (χ0n) is 10.3. The van der Waals surface area contributed by atoms with Gasteiger partial charge in [0, 0.05) is 18.8 Å². The van der Waals surface area contributed by atoms with Gasteiger partial charge < -0.3 is 5.32 Å². The van der Waals surface area contributed by atoms with Gasteiger partial charge in [-0.15, -0.1) is 6.58 Å². The van der Waals surface area contributed by atoms with Crippen LogP contribution in [-0.2, 0) is 16.4 Å². The van der Waals surface area contributed by atoms with Gasteiger partial charge in [-0.2, -0.15) is 0 Å². The van der Waals surface area contributed by atoms with Crippen LogP contribution in [0.4, 0.5) is 0 Å². The van der Waals surface area contributed by atoms with Gasteiger partial charge in [0.15, 0.2) is 9.84 Å². The standard InChI is InChI=1S/C13H19NO2S/c1-4-5-11(2)14-10-12-6-8-13(9-7-12)17(3,15)16/h4,6-9,11,14H,1,5,10H2,2-3H3. The van der Waals surface area contributed by atoms with E-state index in [1.807, 2.05) is 18.2 Å². The van der Waals surface area contributed by atoms with Crippen LogP contribution in [0.15, 0.2) is 41.8 Å². The Kier molecular flexibility index (Phi) is 4.90. The van der Waals surface area contributed by atoms with Crippen LogP contribution < -0.4 is 5.32 Å². The molecule has 0 radical (unpaired) electrons. The van der Waals surface area contributed by atoms with Gasteiger partial charge >= 0.3 is 0 Å². The van der Waals surface area contributed by atoms with Gasteiger partial charge in [-0.05, 0) is 31.0 Å². The highest BCUT2D eigenvalue weighted by molar-refractivity contribution is 7.90. The summed E-state index contributed by atoms with van der Waals surface area (Å²) in [6.45, 7) is 6.51. The van der Waals surface area contributed by atoms with Crippen molar-refractivity contribution in [2.45, 2.75) is 30.8 Å². The third-order valence-electron chi connectivity index (χ3n) is 2.53. The van der Waals surface area contributed by atoms with Crippen LogP contribution in [0.3, 0.4) is 0 Å². The SMILES string of the molecule is C=CCC(C)NCc1ccc(S(C)(=O)=O)cc1. The molecular weight excluding hydrogens is 234 g/mol. The number of hydrogen-bond acceptors (Lipinski definition) is 3. The average molecular weight is 253 g/mol. The van der Waals surface area contributed by atoms with E-state index in [1.165, 1.54) is 6.26 Å². The predicted molar refractivity (Wildman–Crippen MR) is 70.7 cm³/mol. The topological polar surface area (TPSA) is 46.2 Å². The zero-order valence-corrected chi connectivity index (χ0v) is 11.1. The zero-order chi connectivity index (χ0) is 12.9. The summed E-state index contributed by atoms with van der Waals surface area (Å²) in [7, 11) is -3.09. The summed E-state index contributed by atoms with van der Waals surface area (Å²) in [4.78, 5) is 0.361. The smallest absolute Gasteiger partial charge is 0.175 e. The van der Waals surface area contributed by atoms with Gasteiger partial charge in [0.2, 0.25) is 0 Å². The fourth-order valence-electron chi connectivity index (χ4n) is 1.48. The maximum absolute atomic E-state index is 11.3. The highest BCUT2D eigenvalue weighted by Gasteiger charge is 2.06. The normalized spacial score (nSPS) is 13.3. The van der Waals surface area contributed by atoms with E-state index in [0.717, 1.165) is 18.5 Å². The summed E-state index contributed by atoms with van der Waals surface area (Å²) in [5, 5.41) is 3.34. The lowest BCUT2D eigenvalue weighted by Gasteiger charge is -2.11. The minimum atomic E-state index is -3.09. The first-order valence-electron chi connectivity index (χ1n) is 5.56. The van der Waals surface area contributed by atoms with E-state index in [-0.39, 0.29) is 0 Å². The number of sulfone groups is 1. The van der Waals surface area contributed by atoms with Gasteiger partial charge in [0.05, 0.1) is 4.90 Å². The summed E-state index contributed by atoms with van der Waals surface area (Å²) in [5.74, 6) is 0. The Morgan fingerprint density at radius 1 is 1.35 bits per heavy atom. The summed E-state index contributed by atoms with van der Waals surface area (Å²) in [6.07, 6.45) is 4.01. The Morgan fingerprint density at radius 3 is 2.41 bits per heavy atom. The summed E-state index contributed by atoms with van der Waals surface area (Å²) >= 11 is 0. The molecule has 1 aromatic rings. The minimum Gasteiger partial charge on any atom is -0.310 e. The van der Waals surface area contributed by atoms with Crippen molar-refractivity contribution in [2.75, 3.05) is 6.26 Å². The number of hydrogen-bond donors (Lipinski definition) is 1. The molecule has 3 nitrogen and oxygen atoms in total. The van der Waals surface area contributed by atoms with E-state index in [4.69, 9.17) is 0 Å². The fraction of sp³-hybridized carbons (Fsp3) is 0.385. The largest absolute Gasteiger partial charge is 0.310 e. The van der Waals surface area contributed by atoms with Crippen LogP contribution >= 0.6 is 0 Å². The summed E-state index contributed by atoms with van der Waals surface area (Å²) < 4.78 is 22.5. The van der Waals surface area contributed by atoms with Crippen molar-refractivity contribution < 1.29 is 8.42 Å². The molecule has 0 aliphatic rings. The highest BCUT2D eigenvalue weighted by atomic mass is 32.2. The Hall–Kier alpha value is -1.13. The van der Waals surface area contributed by atoms with Crippen molar-refractivity contribution in [3.8, 4) is 0 Å². The van der Waals surface area contributed by atoms with Crippen LogP contribution in [0, 0.1) is 0 Å². The monoisotopic (exact) mass is 253 g/mol. The van der Waals surface area contributed by atoms with Crippen LogP contribution in [-0.4, -0.2) is 20.7 Å². The third kappa shape index (κ3) is 4.71. The molecule has 0 aromatic heterocycles. The van der Waals surface area contributed by atoms with Crippen LogP contribution in [0.25, 0.3) is 0 Å². The Labute approximate surface area is 103 Å². The van der Waals surface area contributed by atoms with Crippen molar-refractivity contribution in [1.29, 1.82) is 0 Å². The molecule has 1 atom stereocenters. The van der Waals surface area contributed by atoms with Gasteiger partial charge in [0.25, 0.3) is 0 Å². The van der Waals surface area contributed by atoms with E-state index in [9.17, 15) is 8.42 Å². The molecule has 17 heavy (non-hydrogen) atoms. The summed E-state index contributed by atoms with van der Waals surface area (Å²) in [6, 6.07) is 7.34. The van der Waals surface area contributed by atoms with Crippen molar-refractivity contribution in [1.82, 2.24) is 5.32 Å². The molecule has 0 aliphatic heterocycles. The lowest BCUT2D eigenvalue weighted by Crippen LogP contribution is -2.24. The van der Waals surface area contributed by atoms with Crippen LogP contribution in [0.2, 0.25) is 0 Å². The lowest BCUT2D eigenvalue weighted by atomic mass is 10.2. The molecular formula is C13H19NO2S. The molecule has 1 N–H and O–H groups in total. The third-order valence-corrected chi connectivity index (χ3v) is 3.65. The number of benzene rings is 1. The highest BCUT2D eigenvalue weighted by Crippen LogP contribution is 2.10. The maximum Gasteiger partial charge on any atom is 0.175 e. The first kappa shape index (κ1) is 13.9. The second kappa shape index (κ2) is 5.98. The van der Waals surface area contributed by atoms with Crippen molar-refractivity contribution >= 4 is 9.84 Å². The van der Waals surface area contributed by atoms with Crippen molar-refractivity contribution in [3.63, 3.8) is 0 Å². The Morgan fingerprint density at radius 2 is 1.94 bits per heavy atom. The molecule has 0 aliphatic carbocycles. The molecule has 0 fully saturated rings. The second-order valence-electron chi connectivity index (χ2n) is 4.22. The van der Waals surface area contributed by atoms with E-state index < -0.39 is 9.84 Å². The van der Waals surface area contributed by atoms with Crippen LogP contribution in [0.5, 0.6) is 0 Å². The molecule has 0 saturated heterocycles. The van der Waals surface area contributed by atoms with E-state index in [1.54, 1.807) is 12.1 Å². The lowest BCUT2D eigenvalue weighted by molar-refractivity contribution is 0.553. The molecule has 0 bridgehead atoms. The predicted octanol–water partition coefficient (Wildman–Crippen LogP) is 2.14. The molecule has 0 saturated carbocycles. The van der Waals surface area contributed by atoms with Gasteiger partial charge in [0.1, 0.15) is 0 Å². The van der Waals surface area contributed by atoms with Crippen molar-refractivity contribution in [2.24, 2.45) is 0 Å². The molecule has 94 valence electrons. The summed E-state index contributed by atoms with van der Waals surface area (Å²) in [5.41, 5.74) is 1.08. The average Bonchev–Trinajstić information content (AvgIpc) is 2.26. The fourth-order valence-corrected chi connectivity index (χ4v) is 2.11. The van der Waals surface area contributed by atoms with E-state index in [0.29, 0.717) is 10.9 Å². The molecule has 0 spiro atoms. The van der Waals surface area contributed by atoms with Gasteiger partial charge in [-0.1, -0.05) is 18.2 Å². The minimum absolute atomic E-state index is 0.361. The van der Waals surface area contributed by atoms with E-state index >= 15 is 0 Å². The van der Waals surface area contributed by atoms with Crippen molar-refractivity contribution in [3.05, 3.63) is 42.5 Å². The van der Waals surface area contributed by atoms with E-state index in [2.05, 4.69) is 18.8 Å². The Balaban J connectivity index is 2.60. The van der Waals surface area contributed by atoms with Crippen LogP contribution in [0.1, 0.15) is 18.9 Å². The number of nitrogens with one attached hydrogen (secondary N) is 1. The maximum atomic E-state index is 11.3. The molecule has 1 aromatic carbocycles.